The second kappa shape index (κ2) is 6.30. The molecule has 2 saturated carbocycles. The first-order chi connectivity index (χ1) is 12.1. The fourth-order valence-corrected chi connectivity index (χ4v) is 4.66. The Hall–Kier alpha value is -2.14. The van der Waals surface area contributed by atoms with Gasteiger partial charge in [-0.3, -0.25) is 9.59 Å². The molecule has 1 aromatic carbocycles. The van der Waals surface area contributed by atoms with Gasteiger partial charge in [-0.2, -0.15) is 0 Å². The van der Waals surface area contributed by atoms with Crippen LogP contribution in [0.4, 0.5) is 0 Å². The molecule has 0 aliphatic heterocycles. The molecule has 1 aromatic heterocycles. The quantitative estimate of drug-likeness (QED) is 0.899. The number of benzene rings is 1. The zero-order chi connectivity index (χ0) is 17.4. The van der Waals surface area contributed by atoms with Crippen LogP contribution in [0.3, 0.4) is 0 Å². The van der Waals surface area contributed by atoms with E-state index < -0.39 is 0 Å². The van der Waals surface area contributed by atoms with Crippen molar-refractivity contribution in [2.45, 2.75) is 51.2 Å². The van der Waals surface area contributed by atoms with Crippen molar-refractivity contribution in [1.82, 2.24) is 10.3 Å². The van der Waals surface area contributed by atoms with E-state index in [9.17, 15) is 9.59 Å². The number of aromatic amines is 1. The summed E-state index contributed by atoms with van der Waals surface area (Å²) in [4.78, 5) is 27.7. The van der Waals surface area contributed by atoms with Gasteiger partial charge in [-0.25, -0.2) is 0 Å². The molecule has 2 aromatic rings. The van der Waals surface area contributed by atoms with Crippen LogP contribution in [-0.2, 0) is 4.74 Å². The summed E-state index contributed by atoms with van der Waals surface area (Å²) in [5, 5.41) is 4.54. The third kappa shape index (κ3) is 2.67. The maximum Gasteiger partial charge on any atom is 0.268 e. The second-order valence-electron chi connectivity index (χ2n) is 7.25. The van der Waals surface area contributed by atoms with Gasteiger partial charge in [0.15, 0.2) is 0 Å². The first-order valence-corrected chi connectivity index (χ1v) is 9.18. The SMILES string of the molecule is CCOC1CC(NC(=O)c2cc3ccccc3c(=O)[nH]2)C12CCCC2. The molecule has 2 unspecified atom stereocenters. The van der Waals surface area contributed by atoms with Crippen LogP contribution in [0.2, 0.25) is 0 Å². The summed E-state index contributed by atoms with van der Waals surface area (Å²) in [6, 6.07) is 9.20. The van der Waals surface area contributed by atoms with Gasteiger partial charge < -0.3 is 15.0 Å². The molecule has 0 saturated heterocycles. The van der Waals surface area contributed by atoms with E-state index in [1.807, 2.05) is 25.1 Å². The third-order valence-corrected chi connectivity index (χ3v) is 5.99. The highest BCUT2D eigenvalue weighted by molar-refractivity contribution is 5.96. The number of carbonyl (C=O) groups is 1. The molecule has 1 heterocycles. The van der Waals surface area contributed by atoms with Crippen molar-refractivity contribution in [2.75, 3.05) is 6.61 Å². The number of nitrogens with one attached hydrogen (secondary N) is 2. The van der Waals surface area contributed by atoms with Crippen LogP contribution in [0, 0.1) is 5.41 Å². The second-order valence-corrected chi connectivity index (χ2v) is 7.25. The summed E-state index contributed by atoms with van der Waals surface area (Å²) in [7, 11) is 0. The van der Waals surface area contributed by atoms with Crippen molar-refractivity contribution in [3.05, 3.63) is 46.4 Å². The van der Waals surface area contributed by atoms with E-state index in [2.05, 4.69) is 10.3 Å². The average Bonchev–Trinajstić information content (AvgIpc) is 3.14. The van der Waals surface area contributed by atoms with Gasteiger partial charge in [0.05, 0.1) is 6.10 Å². The van der Waals surface area contributed by atoms with Crippen LogP contribution in [0.15, 0.2) is 35.1 Å². The molecule has 2 N–H and O–H groups in total. The van der Waals surface area contributed by atoms with Crippen LogP contribution in [0.5, 0.6) is 0 Å². The Morgan fingerprint density at radius 1 is 1.32 bits per heavy atom. The minimum absolute atomic E-state index is 0.0861. The summed E-state index contributed by atoms with van der Waals surface area (Å²) in [5.74, 6) is -0.200. The predicted octanol–water partition coefficient (Wildman–Crippen LogP) is 3.00. The molecule has 1 spiro atoms. The number of ether oxygens (including phenoxy) is 1. The minimum atomic E-state index is -0.223. The number of hydrogen-bond donors (Lipinski definition) is 2. The van der Waals surface area contributed by atoms with E-state index in [1.165, 1.54) is 12.8 Å². The Balaban J connectivity index is 1.55. The molecule has 2 aliphatic rings. The molecule has 0 radical (unpaired) electrons. The van der Waals surface area contributed by atoms with Gasteiger partial charge in [-0.1, -0.05) is 31.0 Å². The van der Waals surface area contributed by atoms with Crippen LogP contribution >= 0.6 is 0 Å². The Morgan fingerprint density at radius 3 is 2.84 bits per heavy atom. The minimum Gasteiger partial charge on any atom is -0.378 e. The normalized spacial score (nSPS) is 24.4. The Bertz CT molecular complexity index is 851. The molecule has 5 heteroatoms. The molecule has 2 aliphatic carbocycles. The fourth-order valence-electron chi connectivity index (χ4n) is 4.66. The lowest BCUT2D eigenvalue weighted by atomic mass is 9.60. The van der Waals surface area contributed by atoms with Gasteiger partial charge >= 0.3 is 0 Å². The molecule has 132 valence electrons. The van der Waals surface area contributed by atoms with Gasteiger partial charge in [0, 0.05) is 23.4 Å². The molecule has 2 fully saturated rings. The van der Waals surface area contributed by atoms with Crippen LogP contribution in [0.1, 0.15) is 49.5 Å². The van der Waals surface area contributed by atoms with Gasteiger partial charge in [0.25, 0.3) is 11.5 Å². The maximum atomic E-state index is 12.7. The summed E-state index contributed by atoms with van der Waals surface area (Å²) in [5.41, 5.74) is 0.194. The molecule has 25 heavy (non-hydrogen) atoms. The zero-order valence-corrected chi connectivity index (χ0v) is 14.5. The fraction of sp³-hybridized carbons (Fsp3) is 0.500. The number of carbonyl (C=O) groups excluding carboxylic acids is 1. The van der Waals surface area contributed by atoms with Crippen LogP contribution < -0.4 is 10.9 Å². The van der Waals surface area contributed by atoms with E-state index in [0.29, 0.717) is 17.7 Å². The van der Waals surface area contributed by atoms with Gasteiger partial charge in [-0.15, -0.1) is 0 Å². The smallest absolute Gasteiger partial charge is 0.268 e. The van der Waals surface area contributed by atoms with E-state index in [-0.39, 0.29) is 29.0 Å². The van der Waals surface area contributed by atoms with Gasteiger partial charge in [-0.05, 0) is 43.7 Å². The molecule has 5 nitrogen and oxygen atoms in total. The number of H-pyrrole nitrogens is 1. The number of pyridine rings is 1. The molecule has 1 amide bonds. The molecule has 0 bridgehead atoms. The maximum absolute atomic E-state index is 12.7. The topological polar surface area (TPSA) is 71.2 Å². The predicted molar refractivity (Wildman–Crippen MR) is 96.8 cm³/mol. The van der Waals surface area contributed by atoms with Crippen molar-refractivity contribution in [3.8, 4) is 0 Å². The highest BCUT2D eigenvalue weighted by Crippen LogP contribution is 2.54. The zero-order valence-electron chi connectivity index (χ0n) is 14.5. The van der Waals surface area contributed by atoms with E-state index >= 15 is 0 Å². The average molecular weight is 340 g/mol. The Morgan fingerprint density at radius 2 is 2.08 bits per heavy atom. The lowest BCUT2D eigenvalue weighted by Crippen LogP contribution is -2.63. The van der Waals surface area contributed by atoms with Crippen molar-refractivity contribution < 1.29 is 9.53 Å². The van der Waals surface area contributed by atoms with Gasteiger partial charge in [0.1, 0.15) is 5.69 Å². The summed E-state index contributed by atoms with van der Waals surface area (Å²) >= 11 is 0. The van der Waals surface area contributed by atoms with Crippen molar-refractivity contribution in [3.63, 3.8) is 0 Å². The third-order valence-electron chi connectivity index (χ3n) is 5.99. The summed E-state index contributed by atoms with van der Waals surface area (Å²) in [6.07, 6.45) is 5.72. The van der Waals surface area contributed by atoms with E-state index in [4.69, 9.17) is 4.74 Å². The highest BCUT2D eigenvalue weighted by atomic mass is 16.5. The standard InChI is InChI=1S/C20H24N2O3/c1-2-25-17-12-16(20(17)9-5-6-10-20)22-19(24)15-11-13-7-3-4-8-14(13)18(23)21-15/h3-4,7-8,11,16-17H,2,5-6,9-10,12H2,1H3,(H,21,23)(H,22,24). The lowest BCUT2D eigenvalue weighted by Gasteiger charge is -2.54. The molecule has 2 atom stereocenters. The summed E-state index contributed by atoms with van der Waals surface area (Å²) in [6.45, 7) is 2.74. The number of amides is 1. The van der Waals surface area contributed by atoms with Crippen LogP contribution in [0.25, 0.3) is 10.8 Å². The number of fused-ring (bicyclic) bond motifs is 1. The first kappa shape index (κ1) is 16.3. The molecular formula is C20H24N2O3. The Kier molecular flexibility index (Phi) is 4.12. The lowest BCUT2D eigenvalue weighted by molar-refractivity contribution is -0.127. The van der Waals surface area contributed by atoms with Crippen molar-refractivity contribution in [2.24, 2.45) is 5.41 Å². The Labute approximate surface area is 146 Å². The van der Waals surface area contributed by atoms with Crippen molar-refractivity contribution in [1.29, 1.82) is 0 Å². The van der Waals surface area contributed by atoms with Crippen molar-refractivity contribution >= 4 is 16.7 Å². The summed E-state index contributed by atoms with van der Waals surface area (Å²) < 4.78 is 5.90. The number of aromatic nitrogens is 1. The largest absolute Gasteiger partial charge is 0.378 e. The monoisotopic (exact) mass is 340 g/mol. The first-order valence-electron chi connectivity index (χ1n) is 9.18. The molecular weight excluding hydrogens is 316 g/mol. The van der Waals surface area contributed by atoms with E-state index in [1.54, 1.807) is 12.1 Å². The molecule has 4 rings (SSSR count). The van der Waals surface area contributed by atoms with Gasteiger partial charge in [0.2, 0.25) is 0 Å². The number of hydrogen-bond acceptors (Lipinski definition) is 3. The van der Waals surface area contributed by atoms with E-state index in [0.717, 1.165) is 24.6 Å². The highest BCUT2D eigenvalue weighted by Gasteiger charge is 2.57. The number of rotatable bonds is 4. The van der Waals surface area contributed by atoms with Crippen LogP contribution in [-0.4, -0.2) is 29.6 Å².